The molecule has 3 aromatic rings. The number of carbonyl (C=O) groups is 1. The van der Waals surface area contributed by atoms with E-state index in [0.717, 1.165) is 50.4 Å². The summed E-state index contributed by atoms with van der Waals surface area (Å²) < 4.78 is 5.86. The summed E-state index contributed by atoms with van der Waals surface area (Å²) in [6, 6.07) is 2.09. The summed E-state index contributed by atoms with van der Waals surface area (Å²) in [7, 11) is 1.88. The van der Waals surface area contributed by atoms with Crippen molar-refractivity contribution in [1.82, 2.24) is 24.8 Å². The normalized spacial score (nSPS) is 18.1. The van der Waals surface area contributed by atoms with E-state index in [0.29, 0.717) is 28.2 Å². The first-order valence-electron chi connectivity index (χ1n) is 11.2. The maximum atomic E-state index is 13.6. The number of hydrogen-bond acceptors (Lipinski definition) is 8. The van der Waals surface area contributed by atoms with Crippen molar-refractivity contribution in [2.45, 2.75) is 58.0 Å². The van der Waals surface area contributed by atoms with Gasteiger partial charge in [0.05, 0.1) is 10.9 Å². The second-order valence-corrected chi connectivity index (χ2v) is 9.22. The average Bonchev–Trinajstić information content (AvgIpc) is 3.40. The van der Waals surface area contributed by atoms with E-state index in [1.165, 1.54) is 6.33 Å². The second kappa shape index (κ2) is 7.72. The van der Waals surface area contributed by atoms with E-state index >= 15 is 0 Å². The van der Waals surface area contributed by atoms with Crippen molar-refractivity contribution in [3.8, 4) is 0 Å². The van der Waals surface area contributed by atoms with Gasteiger partial charge in [0.25, 0.3) is 5.91 Å². The molecule has 4 heterocycles. The van der Waals surface area contributed by atoms with Crippen LogP contribution >= 0.6 is 0 Å². The molecule has 1 N–H and O–H groups in total. The van der Waals surface area contributed by atoms with E-state index < -0.39 is 0 Å². The van der Waals surface area contributed by atoms with Crippen LogP contribution in [0, 0.1) is 13.8 Å². The molecule has 5 rings (SSSR count). The summed E-state index contributed by atoms with van der Waals surface area (Å²) in [5.74, 6) is 2.93. The number of furan rings is 1. The van der Waals surface area contributed by atoms with Gasteiger partial charge in [0.1, 0.15) is 29.5 Å². The number of amides is 1. The Morgan fingerprint density at radius 3 is 2.66 bits per heavy atom. The lowest BCUT2D eigenvalue weighted by Gasteiger charge is -2.37. The number of anilines is 2. The summed E-state index contributed by atoms with van der Waals surface area (Å²) >= 11 is 0. The predicted octanol–water partition coefficient (Wildman–Crippen LogP) is 3.34. The number of hydrogen-bond donors (Lipinski definition) is 1. The second-order valence-electron chi connectivity index (χ2n) is 9.22. The van der Waals surface area contributed by atoms with Gasteiger partial charge >= 0.3 is 0 Å². The van der Waals surface area contributed by atoms with Crippen LogP contribution < -0.4 is 10.2 Å². The molecule has 1 aliphatic carbocycles. The monoisotopic (exact) mass is 435 g/mol. The van der Waals surface area contributed by atoms with Crippen LogP contribution in [0.1, 0.15) is 54.5 Å². The summed E-state index contributed by atoms with van der Waals surface area (Å²) in [6.07, 6.45) is 7.20. The third-order valence-corrected chi connectivity index (χ3v) is 6.72. The Morgan fingerprint density at radius 1 is 1.22 bits per heavy atom. The first-order chi connectivity index (χ1) is 15.3. The van der Waals surface area contributed by atoms with Gasteiger partial charge in [-0.2, -0.15) is 0 Å². The molecule has 0 bridgehead atoms. The predicted molar refractivity (Wildman–Crippen MR) is 122 cm³/mol. The Kier molecular flexibility index (Phi) is 4.98. The number of nitrogens with one attached hydrogen (secondary N) is 1. The highest BCUT2D eigenvalue weighted by Gasteiger charge is 2.39. The number of fused-ring (bicyclic) bond motifs is 1. The molecule has 2 aliphatic rings. The van der Waals surface area contributed by atoms with Crippen molar-refractivity contribution in [2.24, 2.45) is 0 Å². The van der Waals surface area contributed by atoms with Crippen LogP contribution in [0.2, 0.25) is 0 Å². The van der Waals surface area contributed by atoms with Crippen LogP contribution in [0.25, 0.3) is 11.1 Å². The molecule has 9 heteroatoms. The lowest BCUT2D eigenvalue weighted by atomic mass is 10.0. The maximum absolute atomic E-state index is 13.6. The Hall–Kier alpha value is -3.23. The van der Waals surface area contributed by atoms with E-state index in [2.05, 4.69) is 37.1 Å². The lowest BCUT2D eigenvalue weighted by Crippen LogP contribution is -2.46. The number of aromatic nitrogens is 4. The highest BCUT2D eigenvalue weighted by Crippen LogP contribution is 2.40. The van der Waals surface area contributed by atoms with Crippen LogP contribution in [0.15, 0.2) is 23.0 Å². The van der Waals surface area contributed by atoms with Gasteiger partial charge < -0.3 is 19.5 Å². The van der Waals surface area contributed by atoms with E-state index in [9.17, 15) is 4.79 Å². The molecule has 1 amide bonds. The Labute approximate surface area is 187 Å². The quantitative estimate of drug-likeness (QED) is 0.651. The van der Waals surface area contributed by atoms with Gasteiger partial charge in [0.2, 0.25) is 5.71 Å². The number of carbonyl (C=O) groups excluding carboxylic acids is 1. The molecule has 0 unspecified atom stereocenters. The molecule has 1 aliphatic heterocycles. The molecular weight excluding hydrogens is 406 g/mol. The largest absolute Gasteiger partial charge is 0.442 e. The summed E-state index contributed by atoms with van der Waals surface area (Å²) in [5.41, 5.74) is 1.05. The topological polar surface area (TPSA) is 100 Å². The molecule has 9 nitrogen and oxygen atoms in total. The van der Waals surface area contributed by atoms with E-state index in [-0.39, 0.29) is 17.5 Å². The summed E-state index contributed by atoms with van der Waals surface area (Å²) in [6.45, 7) is 7.58. The fraction of sp³-hybridized carbons (Fsp3) is 0.522. The van der Waals surface area contributed by atoms with Crippen molar-refractivity contribution >= 4 is 28.6 Å². The number of aryl methyl sites for hydroxylation is 2. The number of nitrogens with zero attached hydrogens (tertiary/aromatic N) is 6. The van der Waals surface area contributed by atoms with Crippen LogP contribution in [0.5, 0.6) is 0 Å². The zero-order valence-electron chi connectivity index (χ0n) is 19.1. The Bertz CT molecular complexity index is 1160. The fourth-order valence-electron chi connectivity index (χ4n) is 4.44. The van der Waals surface area contributed by atoms with Gasteiger partial charge in [0, 0.05) is 37.9 Å². The molecule has 0 aromatic carbocycles. The molecule has 0 spiro atoms. The van der Waals surface area contributed by atoms with Gasteiger partial charge in [-0.25, -0.2) is 19.9 Å². The average molecular weight is 436 g/mol. The minimum absolute atomic E-state index is 0.0326. The molecule has 0 atom stereocenters. The minimum atomic E-state index is -0.0450. The molecule has 1 saturated heterocycles. The van der Waals surface area contributed by atoms with Crippen LogP contribution in [0.4, 0.5) is 11.6 Å². The van der Waals surface area contributed by atoms with E-state index in [1.54, 1.807) is 6.20 Å². The van der Waals surface area contributed by atoms with Crippen LogP contribution in [0.3, 0.4) is 0 Å². The van der Waals surface area contributed by atoms with Gasteiger partial charge in [-0.1, -0.05) is 0 Å². The maximum Gasteiger partial charge on any atom is 0.258 e. The van der Waals surface area contributed by atoms with Gasteiger partial charge in [-0.05, 0) is 52.5 Å². The summed E-state index contributed by atoms with van der Waals surface area (Å²) in [5, 5.41) is 4.17. The van der Waals surface area contributed by atoms with Crippen LogP contribution in [-0.2, 0) is 0 Å². The Morgan fingerprint density at radius 2 is 1.97 bits per heavy atom. The van der Waals surface area contributed by atoms with Gasteiger partial charge in [-0.3, -0.25) is 4.79 Å². The van der Waals surface area contributed by atoms with Crippen molar-refractivity contribution in [1.29, 1.82) is 0 Å². The highest BCUT2D eigenvalue weighted by atomic mass is 16.3. The molecule has 1 saturated carbocycles. The fourth-order valence-corrected chi connectivity index (χ4v) is 4.44. The van der Waals surface area contributed by atoms with Crippen molar-refractivity contribution in [3.63, 3.8) is 0 Å². The highest BCUT2D eigenvalue weighted by molar-refractivity contribution is 6.10. The summed E-state index contributed by atoms with van der Waals surface area (Å²) in [4.78, 5) is 35.2. The molecule has 3 aromatic heterocycles. The van der Waals surface area contributed by atoms with Gasteiger partial charge in [-0.15, -0.1) is 0 Å². The first kappa shape index (κ1) is 20.7. The molecule has 32 heavy (non-hydrogen) atoms. The number of piperidine rings is 1. The van der Waals surface area contributed by atoms with Crippen LogP contribution in [-0.4, -0.2) is 62.5 Å². The third kappa shape index (κ3) is 3.76. The molecular formula is C23H29N7O2. The standard InChI is InChI=1S/C23H29N7O2/c1-14-18(19-20(28-23(3)8-9-23)25-13-26-21(19)32-14)22(31)29(4)16-6-11-30(12-7-16)17-5-10-24-15(2)27-17/h5,10,13,16H,6-9,11-12H2,1-4H3,(H,25,26,28). The van der Waals surface area contributed by atoms with E-state index in [1.807, 2.05) is 31.9 Å². The van der Waals surface area contributed by atoms with E-state index in [4.69, 9.17) is 4.42 Å². The smallest absolute Gasteiger partial charge is 0.258 e. The first-order valence-corrected chi connectivity index (χ1v) is 11.2. The SMILES string of the molecule is Cc1nccc(N2CCC(N(C)C(=O)c3c(C)oc4ncnc(NC5(C)CC5)c34)CC2)n1. The van der Waals surface area contributed by atoms with Gasteiger partial charge in [0.15, 0.2) is 0 Å². The lowest BCUT2D eigenvalue weighted by molar-refractivity contribution is 0.0709. The molecule has 168 valence electrons. The van der Waals surface area contributed by atoms with Crippen molar-refractivity contribution in [2.75, 3.05) is 30.4 Å². The Balaban J connectivity index is 1.36. The number of rotatable bonds is 5. The van der Waals surface area contributed by atoms with Crippen molar-refractivity contribution in [3.05, 3.63) is 35.7 Å². The molecule has 0 radical (unpaired) electrons. The zero-order valence-corrected chi connectivity index (χ0v) is 19.1. The van der Waals surface area contributed by atoms with Crippen molar-refractivity contribution < 1.29 is 9.21 Å². The zero-order chi connectivity index (χ0) is 22.5. The molecule has 2 fully saturated rings. The minimum Gasteiger partial charge on any atom is -0.442 e. The third-order valence-electron chi connectivity index (χ3n) is 6.72.